The van der Waals surface area contributed by atoms with Gasteiger partial charge in [0.1, 0.15) is 5.92 Å². The summed E-state index contributed by atoms with van der Waals surface area (Å²) in [5.74, 6) is -2.34. The average molecular weight is 318 g/mol. The van der Waals surface area contributed by atoms with Gasteiger partial charge in [0.05, 0.1) is 5.69 Å². The normalized spacial score (nSPS) is 13.0. The number of hydrogen-bond acceptors (Lipinski definition) is 2. The molecule has 1 aromatic heterocycles. The quantitative estimate of drug-likeness (QED) is 0.885. The molecule has 0 aliphatic carbocycles. The van der Waals surface area contributed by atoms with Gasteiger partial charge in [0.25, 0.3) is 0 Å². The van der Waals surface area contributed by atoms with Crippen LogP contribution in [0.3, 0.4) is 0 Å². The Hall–Kier alpha value is -2.02. The van der Waals surface area contributed by atoms with E-state index >= 15 is 0 Å². The maximum absolute atomic E-state index is 12.4. The summed E-state index contributed by atoms with van der Waals surface area (Å²) in [7, 11) is 1.55. The summed E-state index contributed by atoms with van der Waals surface area (Å²) in [6.07, 6.45) is -3.39. The van der Waals surface area contributed by atoms with Crippen molar-refractivity contribution in [2.75, 3.05) is 0 Å². The smallest absolute Gasteiger partial charge is 0.274 e. The van der Waals surface area contributed by atoms with Crippen molar-refractivity contribution in [2.45, 2.75) is 12.2 Å². The van der Waals surface area contributed by atoms with Gasteiger partial charge in [-0.25, -0.2) is 0 Å². The van der Waals surface area contributed by atoms with Crippen molar-refractivity contribution < 1.29 is 18.0 Å². The second-order valence-electron chi connectivity index (χ2n) is 4.35. The highest BCUT2D eigenvalue weighted by atomic mass is 35.5. The number of hydrogen-bond donors (Lipinski definition) is 1. The first-order valence-corrected chi connectivity index (χ1v) is 6.28. The lowest BCUT2D eigenvalue weighted by molar-refractivity contribution is -0.170. The van der Waals surface area contributed by atoms with Crippen LogP contribution in [-0.2, 0) is 11.8 Å². The van der Waals surface area contributed by atoms with Gasteiger partial charge in [0, 0.05) is 18.3 Å². The van der Waals surface area contributed by atoms with E-state index in [4.69, 9.17) is 11.6 Å². The number of benzene rings is 1. The zero-order chi connectivity index (χ0) is 15.6. The molecule has 0 radical (unpaired) electrons. The molecule has 112 valence electrons. The van der Waals surface area contributed by atoms with Gasteiger partial charge in [0.2, 0.25) is 5.91 Å². The van der Waals surface area contributed by atoms with Crippen molar-refractivity contribution >= 4 is 17.5 Å². The van der Waals surface area contributed by atoms with Gasteiger partial charge >= 0.3 is 6.30 Å². The van der Waals surface area contributed by atoms with Crippen LogP contribution in [0.15, 0.2) is 36.5 Å². The van der Waals surface area contributed by atoms with Crippen LogP contribution in [0.2, 0.25) is 5.02 Å². The number of halogens is 4. The Morgan fingerprint density at radius 2 is 2.10 bits per heavy atom. The van der Waals surface area contributed by atoms with Gasteiger partial charge in [-0.3, -0.25) is 14.8 Å². The number of carbonyl (C=O) groups is 1. The minimum Gasteiger partial charge on any atom is -0.274 e. The Morgan fingerprint density at radius 3 is 2.62 bits per heavy atom. The zero-order valence-electron chi connectivity index (χ0n) is 10.9. The highest BCUT2D eigenvalue weighted by Crippen LogP contribution is 2.27. The summed E-state index contributed by atoms with van der Waals surface area (Å²) in [5.41, 5.74) is 0.687. The number of aryl methyl sites for hydroxylation is 1. The van der Waals surface area contributed by atoms with E-state index in [1.165, 1.54) is 23.0 Å². The highest BCUT2D eigenvalue weighted by molar-refractivity contribution is 6.30. The van der Waals surface area contributed by atoms with Gasteiger partial charge in [0.15, 0.2) is 0 Å². The molecule has 8 heteroatoms. The molecular formula is C13H11ClF3N3O. The second-order valence-corrected chi connectivity index (χ2v) is 4.79. The number of aromatic nitrogens is 2. The standard InChI is InChI=1S/C13H11ClF3N3O/c1-20-10(5-6-18-20)11(12(21)19-13(15,16)17)8-3-2-4-9(14)7-8/h2-7,11H,1H3,(H,19,21). The van der Waals surface area contributed by atoms with Crippen molar-refractivity contribution in [3.63, 3.8) is 0 Å². The fraction of sp³-hybridized carbons (Fsp3) is 0.231. The summed E-state index contributed by atoms with van der Waals surface area (Å²) in [6.45, 7) is 0. The first-order chi connectivity index (χ1) is 9.78. The minimum atomic E-state index is -4.80. The van der Waals surface area contributed by atoms with Crippen LogP contribution in [0.1, 0.15) is 17.2 Å². The van der Waals surface area contributed by atoms with E-state index in [0.29, 0.717) is 16.3 Å². The molecule has 0 bridgehead atoms. The highest BCUT2D eigenvalue weighted by Gasteiger charge is 2.35. The first kappa shape index (κ1) is 15.4. The number of carbonyl (C=O) groups excluding carboxylic acids is 1. The summed E-state index contributed by atoms with van der Waals surface area (Å²) < 4.78 is 38.6. The molecule has 1 N–H and O–H groups in total. The Balaban J connectivity index is 2.45. The van der Waals surface area contributed by atoms with E-state index < -0.39 is 18.1 Å². The topological polar surface area (TPSA) is 46.9 Å². The van der Waals surface area contributed by atoms with E-state index in [1.54, 1.807) is 25.2 Å². The monoisotopic (exact) mass is 317 g/mol. The van der Waals surface area contributed by atoms with Crippen LogP contribution < -0.4 is 5.32 Å². The number of nitrogens with zero attached hydrogens (tertiary/aromatic N) is 2. The third-order valence-electron chi connectivity index (χ3n) is 2.86. The molecule has 0 fully saturated rings. The minimum absolute atomic E-state index is 0.332. The summed E-state index contributed by atoms with van der Waals surface area (Å²) in [5, 5.41) is 5.25. The molecule has 1 aromatic carbocycles. The van der Waals surface area contributed by atoms with E-state index in [-0.39, 0.29) is 0 Å². The maximum Gasteiger partial charge on any atom is 0.484 e. The lowest BCUT2D eigenvalue weighted by Crippen LogP contribution is -2.41. The largest absolute Gasteiger partial charge is 0.484 e. The fourth-order valence-corrected chi connectivity index (χ4v) is 2.22. The molecular weight excluding hydrogens is 307 g/mol. The van der Waals surface area contributed by atoms with Crippen molar-refractivity contribution in [2.24, 2.45) is 7.05 Å². The third-order valence-corrected chi connectivity index (χ3v) is 3.10. The molecule has 1 amide bonds. The van der Waals surface area contributed by atoms with Crippen LogP contribution in [-0.4, -0.2) is 22.0 Å². The molecule has 2 aromatic rings. The summed E-state index contributed by atoms with van der Waals surface area (Å²) in [6, 6.07) is 7.63. The zero-order valence-corrected chi connectivity index (χ0v) is 11.6. The predicted octanol–water partition coefficient (Wildman–Crippen LogP) is 2.84. The van der Waals surface area contributed by atoms with Crippen molar-refractivity contribution in [1.29, 1.82) is 0 Å². The van der Waals surface area contributed by atoms with E-state index in [9.17, 15) is 18.0 Å². The van der Waals surface area contributed by atoms with Gasteiger partial charge in [-0.1, -0.05) is 23.7 Å². The molecule has 2 rings (SSSR count). The Labute approximate surface area is 123 Å². The van der Waals surface area contributed by atoms with E-state index in [1.807, 2.05) is 0 Å². The molecule has 4 nitrogen and oxygen atoms in total. The molecule has 0 spiro atoms. The SMILES string of the molecule is Cn1nccc1C(C(=O)NC(F)(F)F)c1cccc(Cl)c1. The summed E-state index contributed by atoms with van der Waals surface area (Å²) in [4.78, 5) is 12.0. The fourth-order valence-electron chi connectivity index (χ4n) is 2.02. The molecule has 1 unspecified atom stereocenters. The van der Waals surface area contributed by atoms with Crippen molar-refractivity contribution in [3.05, 3.63) is 52.8 Å². The molecule has 0 saturated heterocycles. The Morgan fingerprint density at radius 1 is 1.38 bits per heavy atom. The number of amides is 1. The Bertz CT molecular complexity index is 654. The number of alkyl halides is 3. The van der Waals surface area contributed by atoms with Crippen LogP contribution in [0.5, 0.6) is 0 Å². The van der Waals surface area contributed by atoms with Crippen LogP contribution in [0, 0.1) is 0 Å². The Kier molecular flexibility index (Phi) is 4.22. The average Bonchev–Trinajstić information content (AvgIpc) is 2.74. The van der Waals surface area contributed by atoms with Crippen molar-refractivity contribution in [3.8, 4) is 0 Å². The molecule has 0 aliphatic heterocycles. The predicted molar refractivity (Wildman–Crippen MR) is 70.7 cm³/mol. The first-order valence-electron chi connectivity index (χ1n) is 5.90. The van der Waals surface area contributed by atoms with Gasteiger partial charge < -0.3 is 0 Å². The molecule has 1 atom stereocenters. The lowest BCUT2D eigenvalue weighted by atomic mass is 9.94. The van der Waals surface area contributed by atoms with E-state index in [0.717, 1.165) is 5.32 Å². The second kappa shape index (κ2) is 5.77. The molecule has 21 heavy (non-hydrogen) atoms. The number of rotatable bonds is 3. The van der Waals surface area contributed by atoms with Gasteiger partial charge in [-0.15, -0.1) is 0 Å². The van der Waals surface area contributed by atoms with E-state index in [2.05, 4.69) is 5.10 Å². The lowest BCUT2D eigenvalue weighted by Gasteiger charge is -2.19. The van der Waals surface area contributed by atoms with Crippen LogP contribution in [0.25, 0.3) is 0 Å². The van der Waals surface area contributed by atoms with Gasteiger partial charge in [-0.05, 0) is 23.8 Å². The van der Waals surface area contributed by atoms with Crippen molar-refractivity contribution in [1.82, 2.24) is 15.1 Å². The molecule has 0 saturated carbocycles. The molecule has 0 aliphatic rings. The van der Waals surface area contributed by atoms with Gasteiger partial charge in [-0.2, -0.15) is 18.3 Å². The summed E-state index contributed by atoms with van der Waals surface area (Å²) >= 11 is 5.85. The maximum atomic E-state index is 12.4. The van der Waals surface area contributed by atoms with Crippen LogP contribution in [0.4, 0.5) is 13.2 Å². The van der Waals surface area contributed by atoms with Crippen LogP contribution >= 0.6 is 11.6 Å². The number of nitrogens with one attached hydrogen (secondary N) is 1. The third kappa shape index (κ3) is 3.75. The molecule has 1 heterocycles.